The van der Waals surface area contributed by atoms with E-state index in [4.69, 9.17) is 0 Å². The predicted molar refractivity (Wildman–Crippen MR) is 79.3 cm³/mol. The van der Waals surface area contributed by atoms with Crippen LogP contribution >= 0.6 is 0 Å². The molecule has 0 aromatic rings. The van der Waals surface area contributed by atoms with E-state index in [0.29, 0.717) is 32.0 Å². The summed E-state index contributed by atoms with van der Waals surface area (Å²) in [6.07, 6.45) is 5.15. The lowest BCUT2D eigenvalue weighted by Crippen LogP contribution is -2.53. The highest BCUT2D eigenvalue weighted by molar-refractivity contribution is 7.92. The summed E-state index contributed by atoms with van der Waals surface area (Å²) in [5.74, 6) is 0.0158. The Bertz CT molecular complexity index is 436. The summed E-state index contributed by atoms with van der Waals surface area (Å²) >= 11 is 0. The fraction of sp³-hybridized carbons (Fsp3) is 0.929. The van der Waals surface area contributed by atoms with Gasteiger partial charge in [0.15, 0.2) is 9.84 Å². The first-order chi connectivity index (χ1) is 9.54. The summed E-state index contributed by atoms with van der Waals surface area (Å²) in [5.41, 5.74) is 0. The van der Waals surface area contributed by atoms with E-state index in [9.17, 15) is 13.2 Å². The molecule has 0 aromatic carbocycles. The van der Waals surface area contributed by atoms with Gasteiger partial charge in [-0.05, 0) is 38.6 Å². The van der Waals surface area contributed by atoms with Crippen LogP contribution < -0.4 is 5.32 Å². The summed E-state index contributed by atoms with van der Waals surface area (Å²) in [4.78, 5) is 14.3. The molecule has 2 aliphatic rings. The van der Waals surface area contributed by atoms with Crippen LogP contribution in [0.5, 0.6) is 0 Å². The van der Waals surface area contributed by atoms with Crippen molar-refractivity contribution in [3.8, 4) is 0 Å². The van der Waals surface area contributed by atoms with E-state index in [1.807, 2.05) is 0 Å². The molecule has 20 heavy (non-hydrogen) atoms. The molecule has 0 saturated carbocycles. The van der Waals surface area contributed by atoms with E-state index >= 15 is 0 Å². The molecule has 2 aliphatic heterocycles. The number of sulfone groups is 1. The summed E-state index contributed by atoms with van der Waals surface area (Å²) in [7, 11) is -3.22. The lowest BCUT2D eigenvalue weighted by molar-refractivity contribution is -0.132. The molecule has 0 spiro atoms. The lowest BCUT2D eigenvalue weighted by Gasteiger charge is -2.36. The number of likely N-dealkylation sites (tertiary alicyclic amines) is 1. The van der Waals surface area contributed by atoms with Crippen LogP contribution in [0, 0.1) is 0 Å². The normalized spacial score (nSPS) is 30.1. The molecule has 5 nitrogen and oxygen atoms in total. The average molecular weight is 302 g/mol. The standard InChI is InChI=1S/C14H26N2O3S/c1-2-8-15-12-6-5-9-16(11-12)14(17)13-7-3-4-10-20(13,18)19/h12-13,15H,2-11H2,1H3. The van der Waals surface area contributed by atoms with Gasteiger partial charge >= 0.3 is 0 Å². The molecule has 1 amide bonds. The van der Waals surface area contributed by atoms with Gasteiger partial charge in [0.25, 0.3) is 0 Å². The molecule has 0 bridgehead atoms. The molecule has 2 saturated heterocycles. The Morgan fingerprint density at radius 2 is 2.05 bits per heavy atom. The first kappa shape index (κ1) is 15.8. The fourth-order valence-electron chi connectivity index (χ4n) is 3.13. The SMILES string of the molecule is CCCNC1CCCN(C(=O)C2CCCCS2(=O)=O)C1. The van der Waals surface area contributed by atoms with Gasteiger partial charge in [-0.25, -0.2) is 8.42 Å². The van der Waals surface area contributed by atoms with E-state index in [2.05, 4.69) is 12.2 Å². The molecule has 0 radical (unpaired) electrons. The maximum Gasteiger partial charge on any atom is 0.240 e. The third kappa shape index (κ3) is 3.73. The third-order valence-corrected chi connectivity index (χ3v) is 6.43. The highest BCUT2D eigenvalue weighted by atomic mass is 32.2. The van der Waals surface area contributed by atoms with E-state index in [0.717, 1.165) is 32.2 Å². The Labute approximate surface area is 122 Å². The topological polar surface area (TPSA) is 66.5 Å². The molecular formula is C14H26N2O3S. The molecule has 2 fully saturated rings. The lowest BCUT2D eigenvalue weighted by atomic mass is 10.0. The molecule has 2 heterocycles. The average Bonchev–Trinajstić information content (AvgIpc) is 2.44. The molecule has 0 aromatic heterocycles. The number of piperidine rings is 1. The third-order valence-electron chi connectivity index (χ3n) is 4.27. The molecule has 0 aliphatic carbocycles. The Hall–Kier alpha value is -0.620. The van der Waals surface area contributed by atoms with E-state index in [1.165, 1.54) is 0 Å². The van der Waals surface area contributed by atoms with Crippen molar-refractivity contribution in [1.82, 2.24) is 10.2 Å². The molecular weight excluding hydrogens is 276 g/mol. The van der Waals surface area contributed by atoms with Gasteiger partial charge in [0.05, 0.1) is 5.75 Å². The number of nitrogens with zero attached hydrogens (tertiary/aromatic N) is 1. The van der Waals surface area contributed by atoms with Crippen molar-refractivity contribution in [2.24, 2.45) is 0 Å². The van der Waals surface area contributed by atoms with Gasteiger partial charge < -0.3 is 10.2 Å². The first-order valence-electron chi connectivity index (χ1n) is 7.78. The molecule has 2 rings (SSSR count). The number of carbonyl (C=O) groups is 1. The second-order valence-electron chi connectivity index (χ2n) is 5.93. The molecule has 2 atom stereocenters. The van der Waals surface area contributed by atoms with Gasteiger partial charge in [-0.1, -0.05) is 13.3 Å². The van der Waals surface area contributed by atoms with Crippen LogP contribution in [0.3, 0.4) is 0 Å². The van der Waals surface area contributed by atoms with Crippen molar-refractivity contribution < 1.29 is 13.2 Å². The largest absolute Gasteiger partial charge is 0.340 e. The van der Waals surface area contributed by atoms with Crippen LogP contribution in [0.2, 0.25) is 0 Å². The zero-order valence-corrected chi connectivity index (χ0v) is 13.1. The van der Waals surface area contributed by atoms with Crippen LogP contribution in [0.1, 0.15) is 45.4 Å². The highest BCUT2D eigenvalue weighted by Gasteiger charge is 2.38. The molecule has 1 N–H and O–H groups in total. The van der Waals surface area contributed by atoms with Gasteiger partial charge in [-0.3, -0.25) is 4.79 Å². The van der Waals surface area contributed by atoms with Gasteiger partial charge in [0.1, 0.15) is 5.25 Å². The monoisotopic (exact) mass is 302 g/mol. The summed E-state index contributed by atoms with van der Waals surface area (Å²) < 4.78 is 24.1. The van der Waals surface area contributed by atoms with Crippen LogP contribution in [0.15, 0.2) is 0 Å². The zero-order valence-electron chi connectivity index (χ0n) is 12.3. The van der Waals surface area contributed by atoms with Crippen molar-refractivity contribution in [2.75, 3.05) is 25.4 Å². The number of rotatable bonds is 4. The zero-order chi connectivity index (χ0) is 14.6. The van der Waals surface area contributed by atoms with Crippen LogP contribution in [0.4, 0.5) is 0 Å². The quantitative estimate of drug-likeness (QED) is 0.839. The predicted octanol–water partition coefficient (Wildman–Crippen LogP) is 0.944. The van der Waals surface area contributed by atoms with Gasteiger partial charge in [0, 0.05) is 19.1 Å². The Kier molecular flexibility index (Phi) is 5.43. The summed E-state index contributed by atoms with van der Waals surface area (Å²) in [5, 5.41) is 2.66. The number of amides is 1. The van der Waals surface area contributed by atoms with Crippen molar-refractivity contribution in [3.05, 3.63) is 0 Å². The van der Waals surface area contributed by atoms with Crippen molar-refractivity contribution in [1.29, 1.82) is 0 Å². The minimum Gasteiger partial charge on any atom is -0.340 e. The number of hydrogen-bond acceptors (Lipinski definition) is 4. The van der Waals surface area contributed by atoms with Gasteiger partial charge in [0.2, 0.25) is 5.91 Å². The number of nitrogens with one attached hydrogen (secondary N) is 1. The second-order valence-corrected chi connectivity index (χ2v) is 8.23. The van der Waals surface area contributed by atoms with Crippen molar-refractivity contribution in [2.45, 2.75) is 56.7 Å². The Balaban J connectivity index is 1.97. The van der Waals surface area contributed by atoms with Gasteiger partial charge in [-0.2, -0.15) is 0 Å². The molecule has 2 unspecified atom stereocenters. The maximum absolute atomic E-state index is 12.5. The van der Waals surface area contributed by atoms with E-state index in [1.54, 1.807) is 4.90 Å². The van der Waals surface area contributed by atoms with E-state index in [-0.39, 0.29) is 11.7 Å². The second kappa shape index (κ2) is 6.89. The fourth-order valence-corrected chi connectivity index (χ4v) is 5.00. The van der Waals surface area contributed by atoms with Gasteiger partial charge in [-0.15, -0.1) is 0 Å². The van der Waals surface area contributed by atoms with Crippen LogP contribution in [-0.4, -0.2) is 55.9 Å². The van der Waals surface area contributed by atoms with Crippen LogP contribution in [-0.2, 0) is 14.6 Å². The summed E-state index contributed by atoms with van der Waals surface area (Å²) in [6.45, 7) is 4.43. The van der Waals surface area contributed by atoms with Crippen LogP contribution in [0.25, 0.3) is 0 Å². The first-order valence-corrected chi connectivity index (χ1v) is 9.50. The number of hydrogen-bond donors (Lipinski definition) is 1. The van der Waals surface area contributed by atoms with E-state index < -0.39 is 15.1 Å². The molecule has 6 heteroatoms. The van der Waals surface area contributed by atoms with Crippen molar-refractivity contribution >= 4 is 15.7 Å². The Morgan fingerprint density at radius 1 is 1.25 bits per heavy atom. The molecule has 116 valence electrons. The Morgan fingerprint density at radius 3 is 2.75 bits per heavy atom. The summed E-state index contributed by atoms with van der Waals surface area (Å²) in [6, 6.07) is 0.318. The highest BCUT2D eigenvalue weighted by Crippen LogP contribution is 2.23. The van der Waals surface area contributed by atoms with Crippen molar-refractivity contribution in [3.63, 3.8) is 0 Å². The smallest absolute Gasteiger partial charge is 0.240 e. The maximum atomic E-state index is 12.5. The minimum atomic E-state index is -3.22. The minimum absolute atomic E-state index is 0.160. The number of carbonyl (C=O) groups excluding carboxylic acids is 1.